The fourth-order valence-electron chi connectivity index (χ4n) is 1.81. The second kappa shape index (κ2) is 4.07. The fraction of sp³-hybridized carbons (Fsp3) is 0.600. The molecule has 0 aliphatic carbocycles. The molecule has 1 fully saturated rings. The lowest BCUT2D eigenvalue weighted by Gasteiger charge is -2.06. The average molecular weight is 207 g/mol. The van der Waals surface area contributed by atoms with Gasteiger partial charge in [0, 0.05) is 17.8 Å². The molecule has 2 heterocycles. The Labute approximate surface area is 88.0 Å². The molecule has 0 radical (unpaired) electrons. The summed E-state index contributed by atoms with van der Waals surface area (Å²) in [6.07, 6.45) is 1.65. The smallest absolute Gasteiger partial charge is 0.0972 e. The zero-order valence-corrected chi connectivity index (χ0v) is 9.05. The van der Waals surface area contributed by atoms with Crippen molar-refractivity contribution in [3.05, 3.63) is 16.1 Å². The van der Waals surface area contributed by atoms with Crippen molar-refractivity contribution in [2.24, 2.45) is 0 Å². The SMILES string of the molecule is CN1CCC(c2nc(CC#N)cs2)C1. The van der Waals surface area contributed by atoms with Gasteiger partial charge in [0.05, 0.1) is 23.2 Å². The summed E-state index contributed by atoms with van der Waals surface area (Å²) in [7, 11) is 2.14. The van der Waals surface area contributed by atoms with Crippen LogP contribution in [0, 0.1) is 11.3 Å². The topological polar surface area (TPSA) is 39.9 Å². The Kier molecular flexibility index (Phi) is 2.80. The lowest BCUT2D eigenvalue weighted by Crippen LogP contribution is -2.13. The van der Waals surface area contributed by atoms with E-state index in [9.17, 15) is 0 Å². The third-order valence-corrected chi connectivity index (χ3v) is 3.63. The van der Waals surface area contributed by atoms with Gasteiger partial charge >= 0.3 is 0 Å². The van der Waals surface area contributed by atoms with Crippen LogP contribution in [-0.4, -0.2) is 30.0 Å². The molecule has 0 bridgehead atoms. The molecule has 1 unspecified atom stereocenters. The third kappa shape index (κ3) is 1.94. The summed E-state index contributed by atoms with van der Waals surface area (Å²) in [4.78, 5) is 6.82. The molecule has 14 heavy (non-hydrogen) atoms. The van der Waals surface area contributed by atoms with Crippen molar-refractivity contribution in [3.8, 4) is 6.07 Å². The third-order valence-electron chi connectivity index (χ3n) is 2.57. The van der Waals surface area contributed by atoms with E-state index < -0.39 is 0 Å². The number of likely N-dealkylation sites (tertiary alicyclic amines) is 1. The normalized spacial score (nSPS) is 22.4. The van der Waals surface area contributed by atoms with Gasteiger partial charge < -0.3 is 4.90 Å². The summed E-state index contributed by atoms with van der Waals surface area (Å²) in [6, 6.07) is 2.13. The van der Waals surface area contributed by atoms with E-state index in [1.807, 2.05) is 5.38 Å². The van der Waals surface area contributed by atoms with E-state index in [0.29, 0.717) is 12.3 Å². The zero-order chi connectivity index (χ0) is 9.97. The number of nitrogens with zero attached hydrogens (tertiary/aromatic N) is 3. The fourth-order valence-corrected chi connectivity index (χ4v) is 2.76. The lowest BCUT2D eigenvalue weighted by molar-refractivity contribution is 0.411. The summed E-state index contributed by atoms with van der Waals surface area (Å²) < 4.78 is 0. The van der Waals surface area contributed by atoms with Gasteiger partial charge in [-0.2, -0.15) is 5.26 Å². The molecule has 2 rings (SSSR count). The van der Waals surface area contributed by atoms with Crippen molar-refractivity contribution in [1.82, 2.24) is 9.88 Å². The molecule has 1 aliphatic rings. The molecule has 1 aromatic rings. The Morgan fingerprint density at radius 3 is 3.29 bits per heavy atom. The molecule has 1 saturated heterocycles. The van der Waals surface area contributed by atoms with Gasteiger partial charge in [-0.15, -0.1) is 11.3 Å². The van der Waals surface area contributed by atoms with Crippen LogP contribution in [0.3, 0.4) is 0 Å². The monoisotopic (exact) mass is 207 g/mol. The number of hydrogen-bond donors (Lipinski definition) is 0. The van der Waals surface area contributed by atoms with Gasteiger partial charge in [0.15, 0.2) is 0 Å². The summed E-state index contributed by atoms with van der Waals surface area (Å²) in [5, 5.41) is 11.8. The number of rotatable bonds is 2. The Morgan fingerprint density at radius 2 is 2.64 bits per heavy atom. The van der Waals surface area contributed by atoms with E-state index in [1.54, 1.807) is 11.3 Å². The van der Waals surface area contributed by atoms with E-state index in [0.717, 1.165) is 18.8 Å². The van der Waals surface area contributed by atoms with E-state index >= 15 is 0 Å². The minimum Gasteiger partial charge on any atom is -0.306 e. The zero-order valence-electron chi connectivity index (χ0n) is 8.23. The van der Waals surface area contributed by atoms with E-state index in [4.69, 9.17) is 5.26 Å². The number of aromatic nitrogens is 1. The summed E-state index contributed by atoms with van der Waals surface area (Å²) in [5.74, 6) is 0.595. The van der Waals surface area contributed by atoms with Gasteiger partial charge in [-0.05, 0) is 20.0 Å². The molecule has 0 spiro atoms. The van der Waals surface area contributed by atoms with Gasteiger partial charge in [-0.1, -0.05) is 0 Å². The average Bonchev–Trinajstić information content (AvgIpc) is 2.74. The van der Waals surface area contributed by atoms with Gasteiger partial charge in [0.1, 0.15) is 0 Å². The molecule has 1 atom stereocenters. The summed E-state index contributed by atoms with van der Waals surface area (Å²) in [6.45, 7) is 2.28. The predicted octanol–water partition coefficient (Wildman–Crippen LogP) is 1.63. The highest BCUT2D eigenvalue weighted by molar-refractivity contribution is 7.09. The van der Waals surface area contributed by atoms with Crippen LogP contribution in [0.2, 0.25) is 0 Å². The number of thiazole rings is 1. The maximum atomic E-state index is 8.54. The number of nitriles is 1. The van der Waals surface area contributed by atoms with E-state index in [-0.39, 0.29) is 0 Å². The molecule has 0 aromatic carbocycles. The molecule has 4 heteroatoms. The van der Waals surface area contributed by atoms with Crippen molar-refractivity contribution in [3.63, 3.8) is 0 Å². The largest absolute Gasteiger partial charge is 0.306 e. The van der Waals surface area contributed by atoms with Crippen LogP contribution in [0.4, 0.5) is 0 Å². The lowest BCUT2D eigenvalue weighted by atomic mass is 10.1. The maximum absolute atomic E-state index is 8.54. The number of hydrogen-bond acceptors (Lipinski definition) is 4. The highest BCUT2D eigenvalue weighted by Gasteiger charge is 2.23. The summed E-state index contributed by atoms with van der Waals surface area (Å²) in [5.41, 5.74) is 0.932. The molecular formula is C10H13N3S. The van der Waals surface area contributed by atoms with E-state index in [1.165, 1.54) is 11.4 Å². The van der Waals surface area contributed by atoms with Gasteiger partial charge in [0.25, 0.3) is 0 Å². The molecule has 1 aliphatic heterocycles. The van der Waals surface area contributed by atoms with Crippen molar-refractivity contribution in [2.75, 3.05) is 20.1 Å². The first-order valence-electron chi connectivity index (χ1n) is 4.79. The minimum absolute atomic E-state index is 0.444. The van der Waals surface area contributed by atoms with E-state index in [2.05, 4.69) is 23.0 Å². The van der Waals surface area contributed by atoms with Crippen molar-refractivity contribution in [2.45, 2.75) is 18.8 Å². The first kappa shape index (κ1) is 9.63. The molecule has 74 valence electrons. The first-order chi connectivity index (χ1) is 6.79. The van der Waals surface area contributed by atoms with Gasteiger partial charge in [-0.3, -0.25) is 0 Å². The van der Waals surface area contributed by atoms with Crippen LogP contribution >= 0.6 is 11.3 Å². The second-order valence-electron chi connectivity index (χ2n) is 3.76. The van der Waals surface area contributed by atoms with Crippen molar-refractivity contribution < 1.29 is 0 Å². The molecule has 0 amide bonds. The van der Waals surface area contributed by atoms with Crippen LogP contribution in [0.1, 0.15) is 23.0 Å². The highest BCUT2D eigenvalue weighted by atomic mass is 32.1. The van der Waals surface area contributed by atoms with Crippen LogP contribution in [0.5, 0.6) is 0 Å². The van der Waals surface area contributed by atoms with Crippen molar-refractivity contribution >= 4 is 11.3 Å². The molecule has 1 aromatic heterocycles. The quantitative estimate of drug-likeness (QED) is 0.740. The Hall–Kier alpha value is -0.920. The van der Waals surface area contributed by atoms with Gasteiger partial charge in [-0.25, -0.2) is 4.98 Å². The van der Waals surface area contributed by atoms with Crippen LogP contribution in [-0.2, 0) is 6.42 Å². The Balaban J connectivity index is 2.06. The van der Waals surface area contributed by atoms with Crippen molar-refractivity contribution in [1.29, 1.82) is 5.26 Å². The molecular weight excluding hydrogens is 194 g/mol. The maximum Gasteiger partial charge on any atom is 0.0972 e. The first-order valence-corrected chi connectivity index (χ1v) is 5.67. The summed E-state index contributed by atoms with van der Waals surface area (Å²) >= 11 is 1.70. The minimum atomic E-state index is 0.444. The predicted molar refractivity (Wildman–Crippen MR) is 56.3 cm³/mol. The number of likely N-dealkylation sites (N-methyl/N-ethyl adjacent to an activating group) is 1. The molecule has 0 N–H and O–H groups in total. The van der Waals surface area contributed by atoms with Crippen LogP contribution in [0.25, 0.3) is 0 Å². The Bertz CT molecular complexity index is 352. The highest BCUT2D eigenvalue weighted by Crippen LogP contribution is 2.28. The molecule has 3 nitrogen and oxygen atoms in total. The van der Waals surface area contributed by atoms with Crippen LogP contribution < -0.4 is 0 Å². The Morgan fingerprint density at radius 1 is 1.79 bits per heavy atom. The standard InChI is InChI=1S/C10H13N3S/c1-13-5-3-8(6-13)10-12-9(2-4-11)7-14-10/h7-8H,2-3,5-6H2,1H3. The second-order valence-corrected chi connectivity index (χ2v) is 4.65. The molecule has 0 saturated carbocycles. The van der Waals surface area contributed by atoms with Crippen LogP contribution in [0.15, 0.2) is 5.38 Å². The van der Waals surface area contributed by atoms with Gasteiger partial charge in [0.2, 0.25) is 0 Å².